The van der Waals surface area contributed by atoms with Gasteiger partial charge in [-0.2, -0.15) is 13.2 Å². The van der Waals surface area contributed by atoms with E-state index < -0.39 is 74.2 Å². The van der Waals surface area contributed by atoms with Gasteiger partial charge in [-0.05, 0) is 45.4 Å². The van der Waals surface area contributed by atoms with Crippen molar-refractivity contribution < 1.29 is 45.0 Å². The molecule has 1 aliphatic heterocycles. The second-order valence-electron chi connectivity index (χ2n) is 7.71. The molecule has 0 aromatic heterocycles. The number of nitrogens with zero attached hydrogens (tertiary/aromatic N) is 1. The van der Waals surface area contributed by atoms with Crippen LogP contribution in [0.25, 0.3) is 0 Å². The van der Waals surface area contributed by atoms with Crippen LogP contribution in [0, 0.1) is 5.82 Å². The minimum Gasteiger partial charge on any atom is -0.467 e. The molecule has 12 heteroatoms. The van der Waals surface area contributed by atoms with Crippen molar-refractivity contribution in [3.8, 4) is 0 Å². The van der Waals surface area contributed by atoms with E-state index in [0.717, 1.165) is 12.0 Å². The van der Waals surface area contributed by atoms with Gasteiger partial charge in [-0.25, -0.2) is 22.4 Å². The lowest BCUT2D eigenvalue weighted by Crippen LogP contribution is -2.44. The summed E-state index contributed by atoms with van der Waals surface area (Å²) in [5.74, 6) is -2.19. The first-order valence-electron chi connectivity index (χ1n) is 8.76. The van der Waals surface area contributed by atoms with E-state index in [2.05, 4.69) is 4.74 Å². The van der Waals surface area contributed by atoms with Crippen molar-refractivity contribution in [3.63, 3.8) is 0 Å². The van der Waals surface area contributed by atoms with Crippen molar-refractivity contribution in [1.29, 1.82) is 0 Å². The third-order valence-electron chi connectivity index (χ3n) is 4.36. The van der Waals surface area contributed by atoms with Gasteiger partial charge in [0.1, 0.15) is 17.5 Å². The number of amides is 1. The molecular weight excluding hydrogens is 434 g/mol. The van der Waals surface area contributed by atoms with Crippen molar-refractivity contribution in [2.24, 2.45) is 0 Å². The number of hydrogen-bond acceptors (Lipinski definition) is 6. The van der Waals surface area contributed by atoms with Crippen molar-refractivity contribution in [2.75, 3.05) is 13.7 Å². The smallest absolute Gasteiger partial charge is 0.417 e. The summed E-state index contributed by atoms with van der Waals surface area (Å²) in [6.45, 7) is 4.06. The predicted octanol–water partition coefficient (Wildman–Crippen LogP) is 3.17. The van der Waals surface area contributed by atoms with Crippen molar-refractivity contribution >= 4 is 21.9 Å². The highest BCUT2D eigenvalue weighted by Crippen LogP contribution is 2.38. The Bertz CT molecular complexity index is 939. The summed E-state index contributed by atoms with van der Waals surface area (Å²) >= 11 is 0. The van der Waals surface area contributed by atoms with E-state index in [-0.39, 0.29) is 6.07 Å². The van der Waals surface area contributed by atoms with Crippen LogP contribution in [0.2, 0.25) is 0 Å². The average Bonchev–Trinajstić information content (AvgIpc) is 3.05. The maximum Gasteiger partial charge on any atom is 0.417 e. The van der Waals surface area contributed by atoms with Gasteiger partial charge in [0.2, 0.25) is 0 Å². The summed E-state index contributed by atoms with van der Waals surface area (Å²) in [4.78, 5) is 24.2. The fourth-order valence-electron chi connectivity index (χ4n) is 3.06. The number of alkyl halides is 3. The zero-order valence-electron chi connectivity index (χ0n) is 16.6. The number of methoxy groups -OCH3 is 1. The van der Waals surface area contributed by atoms with Gasteiger partial charge in [-0.15, -0.1) is 0 Å². The quantitative estimate of drug-likeness (QED) is 0.395. The Kier molecular flexibility index (Phi) is 6.41. The lowest BCUT2D eigenvalue weighted by Gasteiger charge is -2.27. The van der Waals surface area contributed by atoms with Crippen molar-refractivity contribution in [3.05, 3.63) is 29.6 Å². The van der Waals surface area contributed by atoms with Gasteiger partial charge in [-0.3, -0.25) is 4.90 Å². The van der Waals surface area contributed by atoms with Crippen LogP contribution in [0.15, 0.2) is 23.1 Å². The van der Waals surface area contributed by atoms with E-state index in [1.54, 1.807) is 20.8 Å². The third-order valence-corrected chi connectivity index (χ3v) is 6.54. The van der Waals surface area contributed by atoms with E-state index in [1.165, 1.54) is 0 Å². The maximum absolute atomic E-state index is 13.4. The monoisotopic (exact) mass is 455 g/mol. The van der Waals surface area contributed by atoms with Gasteiger partial charge < -0.3 is 9.47 Å². The number of esters is 1. The SMILES string of the molecule is COC(=O)[C@@H]1C[C@@H](S(=O)(=O)c2ccc(F)cc2C(F)(F)F)CN1C(=O)OC(C)(C)C. The molecule has 0 unspecified atom stereocenters. The lowest BCUT2D eigenvalue weighted by atomic mass is 10.2. The summed E-state index contributed by atoms with van der Waals surface area (Å²) in [7, 11) is -3.67. The van der Waals surface area contributed by atoms with E-state index in [0.29, 0.717) is 12.1 Å². The molecule has 0 N–H and O–H groups in total. The molecular formula is C18H21F4NO6S. The number of benzene rings is 1. The second kappa shape index (κ2) is 8.05. The zero-order chi connectivity index (χ0) is 23.1. The summed E-state index contributed by atoms with van der Waals surface area (Å²) in [5, 5.41) is -1.55. The molecule has 1 heterocycles. The van der Waals surface area contributed by atoms with E-state index >= 15 is 0 Å². The fourth-order valence-corrected chi connectivity index (χ4v) is 4.95. The molecule has 1 aliphatic rings. The minimum atomic E-state index is -5.13. The number of halogens is 4. The van der Waals surface area contributed by atoms with E-state index in [1.807, 2.05) is 0 Å². The molecule has 168 valence electrons. The molecule has 0 bridgehead atoms. The van der Waals surface area contributed by atoms with Gasteiger partial charge in [-0.1, -0.05) is 0 Å². The normalized spacial score (nSPS) is 20.2. The molecule has 0 radical (unpaired) electrons. The highest BCUT2D eigenvalue weighted by atomic mass is 32.2. The topological polar surface area (TPSA) is 90.0 Å². The zero-order valence-corrected chi connectivity index (χ0v) is 17.4. The van der Waals surface area contributed by atoms with Crippen LogP contribution in [-0.2, 0) is 30.3 Å². The minimum absolute atomic E-state index is 0.0886. The Balaban J connectivity index is 2.47. The van der Waals surface area contributed by atoms with Crippen LogP contribution < -0.4 is 0 Å². The van der Waals surface area contributed by atoms with Crippen molar-refractivity contribution in [1.82, 2.24) is 4.90 Å². The molecule has 1 saturated heterocycles. The highest BCUT2D eigenvalue weighted by molar-refractivity contribution is 7.92. The largest absolute Gasteiger partial charge is 0.467 e. The first-order valence-corrected chi connectivity index (χ1v) is 10.3. The van der Waals surface area contributed by atoms with Gasteiger partial charge in [0, 0.05) is 6.54 Å². The molecule has 1 aromatic carbocycles. The van der Waals surface area contributed by atoms with Crippen LogP contribution in [0.4, 0.5) is 22.4 Å². The lowest BCUT2D eigenvalue weighted by molar-refractivity contribution is -0.145. The highest BCUT2D eigenvalue weighted by Gasteiger charge is 2.49. The van der Waals surface area contributed by atoms with E-state index in [9.17, 15) is 35.6 Å². The number of carbonyl (C=O) groups is 2. The average molecular weight is 455 g/mol. The van der Waals surface area contributed by atoms with Crippen LogP contribution in [0.5, 0.6) is 0 Å². The van der Waals surface area contributed by atoms with Crippen LogP contribution in [-0.4, -0.2) is 55.9 Å². The van der Waals surface area contributed by atoms with Crippen LogP contribution >= 0.6 is 0 Å². The molecule has 1 aromatic rings. The molecule has 7 nitrogen and oxygen atoms in total. The van der Waals surface area contributed by atoms with Gasteiger partial charge >= 0.3 is 18.2 Å². The number of hydrogen-bond donors (Lipinski definition) is 0. The Morgan fingerprint density at radius 3 is 2.27 bits per heavy atom. The summed E-state index contributed by atoms with van der Waals surface area (Å²) < 4.78 is 89.0. The van der Waals surface area contributed by atoms with Crippen molar-refractivity contribution in [2.45, 2.75) is 55.2 Å². The molecule has 2 atom stereocenters. The van der Waals surface area contributed by atoms with Gasteiger partial charge in [0.25, 0.3) is 0 Å². The summed E-state index contributed by atoms with van der Waals surface area (Å²) in [6.07, 6.45) is -6.63. The molecule has 30 heavy (non-hydrogen) atoms. The number of rotatable bonds is 3. The number of carbonyl (C=O) groups excluding carboxylic acids is 2. The van der Waals surface area contributed by atoms with Crippen LogP contribution in [0.3, 0.4) is 0 Å². The number of sulfone groups is 1. The summed E-state index contributed by atoms with van der Waals surface area (Å²) in [6, 6.07) is -0.151. The Hall–Kier alpha value is -2.37. The first kappa shape index (κ1) is 23.9. The second-order valence-corrected chi connectivity index (χ2v) is 9.91. The molecule has 0 saturated carbocycles. The Morgan fingerprint density at radius 1 is 1.17 bits per heavy atom. The van der Waals surface area contributed by atoms with E-state index in [4.69, 9.17) is 4.74 Å². The Labute approximate surface area is 170 Å². The van der Waals surface area contributed by atoms with Crippen LogP contribution in [0.1, 0.15) is 32.8 Å². The predicted molar refractivity (Wildman–Crippen MR) is 95.7 cm³/mol. The first-order chi connectivity index (χ1) is 13.6. The summed E-state index contributed by atoms with van der Waals surface area (Å²) in [5.41, 5.74) is -2.62. The molecule has 0 spiro atoms. The molecule has 2 rings (SSSR count). The number of likely N-dealkylation sites (tertiary alicyclic amines) is 1. The van der Waals surface area contributed by atoms with Gasteiger partial charge in [0.15, 0.2) is 9.84 Å². The fraction of sp³-hybridized carbons (Fsp3) is 0.556. The number of ether oxygens (including phenoxy) is 2. The standard InChI is InChI=1S/C18H21F4NO6S/c1-17(2,3)29-16(25)23-9-11(8-13(23)15(24)28-4)30(26,27)14-6-5-10(19)7-12(14)18(20,21)22/h5-7,11,13H,8-9H2,1-4H3/t11-,13+/m1/s1. The third kappa shape index (κ3) is 5.02. The Morgan fingerprint density at radius 2 is 1.77 bits per heavy atom. The molecule has 0 aliphatic carbocycles. The maximum atomic E-state index is 13.4. The molecule has 1 fully saturated rings. The molecule has 1 amide bonds. The van der Waals surface area contributed by atoms with Gasteiger partial charge in [0.05, 0.1) is 22.8 Å².